The Morgan fingerprint density at radius 1 is 1.27 bits per heavy atom. The lowest BCUT2D eigenvalue weighted by Crippen LogP contribution is -2.00. The first-order valence-electron chi connectivity index (χ1n) is 4.74. The molecule has 0 spiro atoms. The topological polar surface area (TPSA) is 65.4 Å². The van der Waals surface area contributed by atoms with Gasteiger partial charge in [0, 0.05) is 11.9 Å². The summed E-state index contributed by atoms with van der Waals surface area (Å²) in [6.07, 6.45) is 4.80. The SMILES string of the molecule is N#Cc1ncn(CCCCCBr)c1C#N. The van der Waals surface area contributed by atoms with Gasteiger partial charge in [-0.25, -0.2) is 4.98 Å². The summed E-state index contributed by atoms with van der Waals surface area (Å²) in [5.41, 5.74) is 0.592. The van der Waals surface area contributed by atoms with Crippen LogP contribution < -0.4 is 0 Å². The van der Waals surface area contributed by atoms with E-state index in [1.54, 1.807) is 10.9 Å². The molecule has 15 heavy (non-hydrogen) atoms. The molecule has 5 heteroatoms. The second-order valence-corrected chi connectivity index (χ2v) is 3.90. The molecule has 0 atom stereocenters. The van der Waals surface area contributed by atoms with Gasteiger partial charge in [-0.15, -0.1) is 0 Å². The van der Waals surface area contributed by atoms with E-state index in [9.17, 15) is 0 Å². The molecule has 0 unspecified atom stereocenters. The number of alkyl halides is 1. The largest absolute Gasteiger partial charge is 0.321 e. The monoisotopic (exact) mass is 266 g/mol. The minimum absolute atomic E-state index is 0.220. The number of aromatic nitrogens is 2. The van der Waals surface area contributed by atoms with Gasteiger partial charge < -0.3 is 4.57 Å². The van der Waals surface area contributed by atoms with Gasteiger partial charge in [-0.2, -0.15) is 10.5 Å². The van der Waals surface area contributed by atoms with Gasteiger partial charge in [0.1, 0.15) is 12.1 Å². The fourth-order valence-corrected chi connectivity index (χ4v) is 1.70. The van der Waals surface area contributed by atoms with Crippen LogP contribution in [0.2, 0.25) is 0 Å². The van der Waals surface area contributed by atoms with Crippen molar-refractivity contribution in [1.82, 2.24) is 9.55 Å². The van der Waals surface area contributed by atoms with Crippen LogP contribution in [-0.2, 0) is 6.54 Å². The molecule has 0 aromatic carbocycles. The first-order valence-corrected chi connectivity index (χ1v) is 5.87. The Bertz CT molecular complexity index is 397. The van der Waals surface area contributed by atoms with Crippen molar-refractivity contribution < 1.29 is 0 Å². The van der Waals surface area contributed by atoms with E-state index in [0.29, 0.717) is 5.69 Å². The number of rotatable bonds is 5. The van der Waals surface area contributed by atoms with E-state index in [0.717, 1.165) is 31.1 Å². The van der Waals surface area contributed by atoms with Gasteiger partial charge in [0.15, 0.2) is 11.4 Å². The molecule has 4 nitrogen and oxygen atoms in total. The number of aryl methyl sites for hydroxylation is 1. The van der Waals surface area contributed by atoms with Crippen molar-refractivity contribution in [2.75, 3.05) is 5.33 Å². The molecule has 0 bridgehead atoms. The quantitative estimate of drug-likeness (QED) is 0.606. The van der Waals surface area contributed by atoms with Crippen LogP contribution in [0.25, 0.3) is 0 Å². The first kappa shape index (κ1) is 11.7. The van der Waals surface area contributed by atoms with Crippen LogP contribution in [0.1, 0.15) is 30.7 Å². The molecule has 0 amide bonds. The Kier molecular flexibility index (Phi) is 4.86. The molecular formula is C10H11BrN4. The molecule has 0 fully saturated rings. The summed E-state index contributed by atoms with van der Waals surface area (Å²) in [7, 11) is 0. The molecule has 0 saturated heterocycles. The number of nitrogens with zero attached hydrogens (tertiary/aromatic N) is 4. The molecule has 1 rings (SSSR count). The summed E-state index contributed by atoms with van der Waals surface area (Å²) in [6, 6.07) is 3.91. The summed E-state index contributed by atoms with van der Waals surface area (Å²) in [6.45, 7) is 0.755. The van der Waals surface area contributed by atoms with Crippen molar-refractivity contribution >= 4 is 15.9 Å². The van der Waals surface area contributed by atoms with Gasteiger partial charge in [-0.1, -0.05) is 22.4 Å². The lowest BCUT2D eigenvalue weighted by atomic mass is 10.2. The van der Waals surface area contributed by atoms with Crippen molar-refractivity contribution in [2.24, 2.45) is 0 Å². The predicted octanol–water partition coefficient (Wildman–Crippen LogP) is 2.19. The average Bonchev–Trinajstić information content (AvgIpc) is 2.66. The number of nitriles is 2. The number of hydrogen-bond donors (Lipinski definition) is 0. The minimum Gasteiger partial charge on any atom is -0.321 e. The van der Waals surface area contributed by atoms with Crippen LogP contribution in [0.15, 0.2) is 6.33 Å². The molecule has 1 aromatic heterocycles. The standard InChI is InChI=1S/C10H11BrN4/c11-4-2-1-3-5-15-8-14-9(6-12)10(15)7-13/h8H,1-5H2. The third-order valence-corrected chi connectivity index (χ3v) is 2.64. The van der Waals surface area contributed by atoms with Gasteiger partial charge in [0.2, 0.25) is 0 Å². The molecular weight excluding hydrogens is 256 g/mol. The van der Waals surface area contributed by atoms with Crippen LogP contribution in [0.4, 0.5) is 0 Å². The Labute approximate surface area is 97.3 Å². The fraction of sp³-hybridized carbons (Fsp3) is 0.500. The van der Waals surface area contributed by atoms with Gasteiger partial charge in [-0.05, 0) is 12.8 Å². The van der Waals surface area contributed by atoms with Gasteiger partial charge in [-0.3, -0.25) is 0 Å². The summed E-state index contributed by atoms with van der Waals surface area (Å²) >= 11 is 3.36. The Morgan fingerprint density at radius 2 is 2.07 bits per heavy atom. The summed E-state index contributed by atoms with van der Waals surface area (Å²) in [5, 5.41) is 18.5. The first-order chi connectivity index (χ1) is 7.33. The van der Waals surface area contributed by atoms with Crippen molar-refractivity contribution in [2.45, 2.75) is 25.8 Å². The average molecular weight is 267 g/mol. The van der Waals surface area contributed by atoms with E-state index in [2.05, 4.69) is 20.9 Å². The molecule has 0 N–H and O–H groups in total. The lowest BCUT2D eigenvalue weighted by Gasteiger charge is -2.02. The van der Waals surface area contributed by atoms with E-state index in [-0.39, 0.29) is 5.69 Å². The van der Waals surface area contributed by atoms with Crippen LogP contribution in [0.5, 0.6) is 0 Å². The maximum atomic E-state index is 8.85. The van der Waals surface area contributed by atoms with E-state index >= 15 is 0 Å². The van der Waals surface area contributed by atoms with E-state index < -0.39 is 0 Å². The Hall–Kier alpha value is -1.33. The van der Waals surface area contributed by atoms with Crippen LogP contribution in [-0.4, -0.2) is 14.9 Å². The number of halogens is 1. The highest BCUT2D eigenvalue weighted by Crippen LogP contribution is 2.08. The summed E-state index contributed by atoms with van der Waals surface area (Å²) < 4.78 is 1.74. The Morgan fingerprint density at radius 3 is 2.67 bits per heavy atom. The molecule has 0 radical (unpaired) electrons. The van der Waals surface area contributed by atoms with Crippen molar-refractivity contribution in [3.63, 3.8) is 0 Å². The molecule has 0 aliphatic heterocycles. The van der Waals surface area contributed by atoms with E-state index in [1.165, 1.54) is 0 Å². The molecule has 0 aliphatic rings. The molecule has 78 valence electrons. The number of unbranched alkanes of at least 4 members (excludes halogenated alkanes) is 2. The molecule has 0 aliphatic carbocycles. The molecule has 1 aromatic rings. The second-order valence-electron chi connectivity index (χ2n) is 3.11. The van der Waals surface area contributed by atoms with Crippen molar-refractivity contribution in [1.29, 1.82) is 10.5 Å². The van der Waals surface area contributed by atoms with Gasteiger partial charge in [0.25, 0.3) is 0 Å². The maximum absolute atomic E-state index is 8.85. The molecule has 0 saturated carbocycles. The second kappa shape index (κ2) is 6.21. The highest BCUT2D eigenvalue weighted by Gasteiger charge is 2.08. The van der Waals surface area contributed by atoms with Crippen molar-refractivity contribution in [3.8, 4) is 12.1 Å². The highest BCUT2D eigenvalue weighted by molar-refractivity contribution is 9.09. The Balaban J connectivity index is 2.59. The van der Waals surface area contributed by atoms with Crippen LogP contribution >= 0.6 is 15.9 Å². The smallest absolute Gasteiger partial charge is 0.176 e. The fourth-order valence-electron chi connectivity index (χ4n) is 1.30. The lowest BCUT2D eigenvalue weighted by molar-refractivity contribution is 0.600. The van der Waals surface area contributed by atoms with E-state index in [4.69, 9.17) is 10.5 Å². The predicted molar refractivity (Wildman–Crippen MR) is 59.3 cm³/mol. The third kappa shape index (κ3) is 3.07. The zero-order valence-corrected chi connectivity index (χ0v) is 9.87. The van der Waals surface area contributed by atoms with Gasteiger partial charge >= 0.3 is 0 Å². The minimum atomic E-state index is 0.220. The zero-order chi connectivity index (χ0) is 11.1. The zero-order valence-electron chi connectivity index (χ0n) is 8.28. The summed E-state index contributed by atoms with van der Waals surface area (Å²) in [4.78, 5) is 3.87. The normalized spacial score (nSPS) is 9.53. The highest BCUT2D eigenvalue weighted by atomic mass is 79.9. The van der Waals surface area contributed by atoms with Crippen LogP contribution in [0.3, 0.4) is 0 Å². The third-order valence-electron chi connectivity index (χ3n) is 2.08. The maximum Gasteiger partial charge on any atom is 0.176 e. The van der Waals surface area contributed by atoms with E-state index in [1.807, 2.05) is 12.1 Å². The van der Waals surface area contributed by atoms with Crippen molar-refractivity contribution in [3.05, 3.63) is 17.7 Å². The number of hydrogen-bond acceptors (Lipinski definition) is 3. The summed E-state index contributed by atoms with van der Waals surface area (Å²) in [5.74, 6) is 0. The van der Waals surface area contributed by atoms with Gasteiger partial charge in [0.05, 0.1) is 6.33 Å². The van der Waals surface area contributed by atoms with Crippen LogP contribution in [0, 0.1) is 22.7 Å². The number of imidazole rings is 1. The molecule has 1 heterocycles.